The van der Waals surface area contributed by atoms with Crippen LogP contribution in [-0.2, 0) is 4.79 Å². The van der Waals surface area contributed by atoms with Gasteiger partial charge in [0.15, 0.2) is 5.13 Å². The number of hydrogen-bond donors (Lipinski definition) is 3. The molecule has 0 bridgehead atoms. The highest BCUT2D eigenvalue weighted by atomic mass is 32.1. The quantitative estimate of drug-likeness (QED) is 0.442. The van der Waals surface area contributed by atoms with E-state index in [4.69, 9.17) is 10.7 Å². The van der Waals surface area contributed by atoms with Crippen LogP contribution in [0.4, 0.5) is 10.9 Å². The molecule has 0 saturated carbocycles. The maximum atomic E-state index is 11.6. The van der Waals surface area contributed by atoms with Crippen LogP contribution in [0.3, 0.4) is 0 Å². The van der Waals surface area contributed by atoms with Crippen molar-refractivity contribution in [3.05, 3.63) is 41.4 Å². The minimum atomic E-state index is -0.0631. The molecule has 10 heteroatoms. The summed E-state index contributed by atoms with van der Waals surface area (Å²) < 4.78 is 0. The number of imidazole rings is 1. The van der Waals surface area contributed by atoms with Crippen LogP contribution < -0.4 is 16.1 Å². The van der Waals surface area contributed by atoms with Gasteiger partial charge in [0.1, 0.15) is 11.6 Å². The van der Waals surface area contributed by atoms with Crippen LogP contribution in [0.25, 0.3) is 33.7 Å². The fourth-order valence-corrected chi connectivity index (χ4v) is 4.47. The number of nitrogens with zero attached hydrogens (tertiary/aromatic N) is 5. The highest BCUT2D eigenvalue weighted by Crippen LogP contribution is 2.32. The van der Waals surface area contributed by atoms with E-state index in [1.54, 1.807) is 17.5 Å². The third kappa shape index (κ3) is 3.58. The molecule has 1 aromatic carbocycles. The van der Waals surface area contributed by atoms with E-state index >= 15 is 0 Å². The Labute approximate surface area is 188 Å². The zero-order valence-electron chi connectivity index (χ0n) is 17.9. The number of nitrogens with two attached hydrogens (primary N) is 1. The number of thiazole rings is 1. The minimum absolute atomic E-state index is 0.0466. The first-order valence-corrected chi connectivity index (χ1v) is 11.0. The highest BCUT2D eigenvalue weighted by Gasteiger charge is 2.22. The second kappa shape index (κ2) is 7.72. The molecule has 1 aliphatic rings. The van der Waals surface area contributed by atoms with Crippen LogP contribution in [0.2, 0.25) is 0 Å². The number of pyridine rings is 1. The van der Waals surface area contributed by atoms with Gasteiger partial charge in [0.05, 0.1) is 28.0 Å². The number of aromatic nitrogens is 4. The maximum absolute atomic E-state index is 11.6. The first kappa shape index (κ1) is 20.1. The van der Waals surface area contributed by atoms with Crippen molar-refractivity contribution in [1.29, 1.82) is 0 Å². The normalized spacial score (nSPS) is 16.2. The molecule has 1 aliphatic heterocycles. The molecule has 0 radical (unpaired) electrons. The minimum Gasteiger partial charge on any atom is -0.383 e. The molecule has 3 aromatic heterocycles. The summed E-state index contributed by atoms with van der Waals surface area (Å²) in [7, 11) is 3.93. The third-order valence-electron chi connectivity index (χ3n) is 5.38. The highest BCUT2D eigenvalue weighted by molar-refractivity contribution is 7.14. The summed E-state index contributed by atoms with van der Waals surface area (Å²) in [6.45, 7) is 2.00. The number of hydrazone groups is 1. The Morgan fingerprint density at radius 3 is 2.78 bits per heavy atom. The van der Waals surface area contributed by atoms with Crippen molar-refractivity contribution in [1.82, 2.24) is 25.4 Å². The van der Waals surface area contributed by atoms with E-state index in [1.807, 2.05) is 55.6 Å². The summed E-state index contributed by atoms with van der Waals surface area (Å²) in [6.07, 6.45) is 2.15. The molecule has 4 heterocycles. The fraction of sp³-hybridized carbons (Fsp3) is 0.227. The SMILES string of the molecule is CC1CC(=O)NN=C1c1ccc2nc(-c3cc(-c4csc(N(C)C)n4)cnc3N)[nH]c2c1. The molecule has 162 valence electrons. The van der Waals surface area contributed by atoms with E-state index in [-0.39, 0.29) is 11.8 Å². The second-order valence-corrected chi connectivity index (χ2v) is 8.86. The standard InChI is InChI=1S/C22H22N8OS/c1-11-6-18(31)28-29-19(11)12-4-5-15-16(8-12)26-21(25-15)14-7-13(9-24-20(14)23)17-10-32-22(27-17)30(2)3/h4-5,7-11H,6H2,1-3H3,(H2,23,24)(H,25,26)(H,28,31). The Hall–Kier alpha value is -3.79. The number of rotatable bonds is 4. The van der Waals surface area contributed by atoms with Gasteiger partial charge in [-0.2, -0.15) is 5.10 Å². The Balaban J connectivity index is 1.52. The van der Waals surface area contributed by atoms with Crippen LogP contribution in [0.15, 0.2) is 40.9 Å². The van der Waals surface area contributed by atoms with Gasteiger partial charge in [-0.25, -0.2) is 20.4 Å². The van der Waals surface area contributed by atoms with Crippen LogP contribution in [0.5, 0.6) is 0 Å². The number of aromatic amines is 1. The Kier molecular flexibility index (Phi) is 4.86. The average molecular weight is 447 g/mol. The molecule has 0 saturated heterocycles. The zero-order chi connectivity index (χ0) is 22.4. The van der Waals surface area contributed by atoms with Gasteiger partial charge in [-0.05, 0) is 18.2 Å². The Morgan fingerprint density at radius 1 is 1.19 bits per heavy atom. The summed E-state index contributed by atoms with van der Waals surface area (Å²) in [5.74, 6) is 1.01. The van der Waals surface area contributed by atoms with Gasteiger partial charge in [-0.3, -0.25) is 4.79 Å². The molecule has 9 nitrogen and oxygen atoms in total. The van der Waals surface area contributed by atoms with Crippen molar-refractivity contribution in [2.45, 2.75) is 13.3 Å². The van der Waals surface area contributed by atoms with Crippen molar-refractivity contribution in [3.63, 3.8) is 0 Å². The van der Waals surface area contributed by atoms with Crippen molar-refractivity contribution in [2.75, 3.05) is 24.7 Å². The van der Waals surface area contributed by atoms with Gasteiger partial charge < -0.3 is 15.6 Å². The van der Waals surface area contributed by atoms with Crippen molar-refractivity contribution in [2.24, 2.45) is 11.0 Å². The number of nitrogen functional groups attached to an aromatic ring is 1. The lowest BCUT2D eigenvalue weighted by Crippen LogP contribution is -2.31. The number of amides is 1. The molecule has 32 heavy (non-hydrogen) atoms. The van der Waals surface area contributed by atoms with Gasteiger partial charge in [-0.1, -0.05) is 13.0 Å². The lowest BCUT2D eigenvalue weighted by Gasteiger charge is -2.18. The number of fused-ring (bicyclic) bond motifs is 1. The van der Waals surface area contributed by atoms with E-state index in [0.29, 0.717) is 18.1 Å². The average Bonchev–Trinajstić information content (AvgIpc) is 3.41. The lowest BCUT2D eigenvalue weighted by atomic mass is 9.94. The molecule has 4 aromatic rings. The molecule has 0 fully saturated rings. The Morgan fingerprint density at radius 2 is 2.03 bits per heavy atom. The number of anilines is 2. The van der Waals surface area contributed by atoms with E-state index < -0.39 is 0 Å². The van der Waals surface area contributed by atoms with Crippen molar-refractivity contribution >= 4 is 44.9 Å². The number of benzene rings is 1. The largest absolute Gasteiger partial charge is 0.383 e. The first-order chi connectivity index (χ1) is 15.4. The van der Waals surface area contributed by atoms with E-state index in [1.165, 1.54) is 0 Å². The predicted molar refractivity (Wildman–Crippen MR) is 128 cm³/mol. The number of H-pyrrole nitrogens is 1. The van der Waals surface area contributed by atoms with Gasteiger partial charge in [0.2, 0.25) is 5.91 Å². The van der Waals surface area contributed by atoms with Crippen LogP contribution >= 0.6 is 11.3 Å². The zero-order valence-corrected chi connectivity index (χ0v) is 18.7. The van der Waals surface area contributed by atoms with Crippen LogP contribution in [0.1, 0.15) is 18.9 Å². The molecule has 4 N–H and O–H groups in total. The monoisotopic (exact) mass is 446 g/mol. The number of nitrogens with one attached hydrogen (secondary N) is 2. The summed E-state index contributed by atoms with van der Waals surface area (Å²) in [6, 6.07) is 7.86. The maximum Gasteiger partial charge on any atom is 0.240 e. The van der Waals surface area contributed by atoms with Crippen LogP contribution in [0, 0.1) is 5.92 Å². The predicted octanol–water partition coefficient (Wildman–Crippen LogP) is 3.26. The summed E-state index contributed by atoms with van der Waals surface area (Å²) in [5, 5.41) is 7.17. The number of carbonyl (C=O) groups excluding carboxylic acids is 1. The molecule has 1 unspecified atom stereocenters. The lowest BCUT2D eigenvalue weighted by molar-refractivity contribution is -0.121. The van der Waals surface area contributed by atoms with E-state index in [0.717, 1.165) is 44.3 Å². The second-order valence-electron chi connectivity index (χ2n) is 8.02. The van der Waals surface area contributed by atoms with E-state index in [9.17, 15) is 4.79 Å². The fourth-order valence-electron chi connectivity index (χ4n) is 3.71. The van der Waals surface area contributed by atoms with E-state index in [2.05, 4.69) is 25.5 Å². The molecular weight excluding hydrogens is 424 g/mol. The number of hydrogen-bond acceptors (Lipinski definition) is 8. The summed E-state index contributed by atoms with van der Waals surface area (Å²) in [5.41, 5.74) is 14.7. The number of carbonyl (C=O) groups is 1. The molecule has 5 rings (SSSR count). The molecule has 1 amide bonds. The smallest absolute Gasteiger partial charge is 0.240 e. The van der Waals surface area contributed by atoms with Gasteiger partial charge >= 0.3 is 0 Å². The van der Waals surface area contributed by atoms with Crippen molar-refractivity contribution < 1.29 is 4.79 Å². The molecule has 0 spiro atoms. The summed E-state index contributed by atoms with van der Waals surface area (Å²) in [4.78, 5) is 30.6. The molecular formula is C22H22N8OS. The first-order valence-electron chi connectivity index (χ1n) is 10.1. The Bertz CT molecular complexity index is 1370. The summed E-state index contributed by atoms with van der Waals surface area (Å²) >= 11 is 1.57. The third-order valence-corrected chi connectivity index (χ3v) is 6.39. The van der Waals surface area contributed by atoms with Crippen LogP contribution in [-0.4, -0.2) is 45.7 Å². The topological polar surface area (TPSA) is 125 Å². The van der Waals surface area contributed by atoms with Gasteiger partial charge in [0.25, 0.3) is 0 Å². The van der Waals surface area contributed by atoms with Gasteiger partial charge in [0, 0.05) is 49.1 Å². The molecule has 1 atom stereocenters. The molecule has 0 aliphatic carbocycles. The van der Waals surface area contributed by atoms with Gasteiger partial charge in [-0.15, -0.1) is 11.3 Å². The van der Waals surface area contributed by atoms with Crippen molar-refractivity contribution in [3.8, 4) is 22.6 Å².